The molecule has 0 radical (unpaired) electrons. The third-order valence-electron chi connectivity index (χ3n) is 3.74. The van der Waals surface area contributed by atoms with Crippen LogP contribution in [-0.2, 0) is 4.79 Å². The highest BCUT2D eigenvalue weighted by Gasteiger charge is 2.25. The second-order valence-electron chi connectivity index (χ2n) is 5.96. The van der Waals surface area contributed by atoms with Gasteiger partial charge in [-0.15, -0.1) is 0 Å². The van der Waals surface area contributed by atoms with Crippen molar-refractivity contribution in [1.82, 2.24) is 10.2 Å². The van der Waals surface area contributed by atoms with Crippen LogP contribution in [0.1, 0.15) is 52.9 Å². The van der Waals surface area contributed by atoms with Crippen LogP contribution in [0.15, 0.2) is 0 Å². The van der Waals surface area contributed by atoms with Crippen LogP contribution in [-0.4, -0.2) is 36.0 Å². The Kier molecular flexibility index (Phi) is 6.86. The average Bonchev–Trinajstić information content (AvgIpc) is 2.85. The molecule has 1 aliphatic carbocycles. The van der Waals surface area contributed by atoms with Gasteiger partial charge in [0.15, 0.2) is 0 Å². The average molecular weight is 265 g/mol. The van der Waals surface area contributed by atoms with E-state index in [1.807, 2.05) is 6.92 Å². The lowest BCUT2D eigenvalue weighted by Crippen LogP contribution is -2.49. The van der Waals surface area contributed by atoms with Crippen molar-refractivity contribution in [2.24, 2.45) is 5.92 Å². The molecule has 0 saturated heterocycles. The van der Waals surface area contributed by atoms with E-state index in [1.165, 1.54) is 12.8 Å². The lowest BCUT2D eigenvalue weighted by atomic mass is 10.1. The largest absolute Gasteiger partial charge is 0.352 e. The zero-order valence-corrected chi connectivity index (χ0v) is 12.5. The molecule has 4 heteroatoms. The van der Waals surface area contributed by atoms with Crippen molar-refractivity contribution in [1.29, 1.82) is 5.26 Å². The topological polar surface area (TPSA) is 56.1 Å². The number of nitrogens with one attached hydrogen (secondary N) is 1. The minimum Gasteiger partial charge on any atom is -0.352 e. The van der Waals surface area contributed by atoms with Gasteiger partial charge in [0.2, 0.25) is 5.91 Å². The SMILES string of the molecule is CC(C)CN(CCC#N)C(C)C(=O)NC1CCCC1. The standard InChI is InChI=1S/C15H27N3O/c1-12(2)11-18(10-6-9-16)13(3)15(19)17-14-7-4-5-8-14/h12-14H,4-8,10-11H2,1-3H3,(H,17,19). The summed E-state index contributed by atoms with van der Waals surface area (Å²) in [6.07, 6.45) is 5.16. The Bertz CT molecular complexity index is 316. The summed E-state index contributed by atoms with van der Waals surface area (Å²) >= 11 is 0. The minimum absolute atomic E-state index is 0.116. The molecule has 0 aliphatic heterocycles. The molecule has 0 bridgehead atoms. The van der Waals surface area contributed by atoms with Crippen LogP contribution in [0.25, 0.3) is 0 Å². The van der Waals surface area contributed by atoms with E-state index < -0.39 is 0 Å². The quantitative estimate of drug-likeness (QED) is 0.768. The molecule has 0 aromatic carbocycles. The molecule has 0 aromatic rings. The summed E-state index contributed by atoms with van der Waals surface area (Å²) in [6, 6.07) is 2.39. The van der Waals surface area contributed by atoms with Crippen LogP contribution >= 0.6 is 0 Å². The van der Waals surface area contributed by atoms with Gasteiger partial charge in [-0.2, -0.15) is 5.26 Å². The molecule has 108 valence electrons. The lowest BCUT2D eigenvalue weighted by Gasteiger charge is -2.29. The van der Waals surface area contributed by atoms with E-state index in [9.17, 15) is 4.79 Å². The molecule has 19 heavy (non-hydrogen) atoms. The first-order valence-electron chi connectivity index (χ1n) is 7.46. The van der Waals surface area contributed by atoms with Crippen molar-refractivity contribution in [3.05, 3.63) is 0 Å². The smallest absolute Gasteiger partial charge is 0.237 e. The van der Waals surface area contributed by atoms with E-state index in [4.69, 9.17) is 5.26 Å². The molecule has 1 rings (SSSR count). The molecule has 1 fully saturated rings. The van der Waals surface area contributed by atoms with Crippen molar-refractivity contribution in [2.45, 2.75) is 65.0 Å². The number of hydrogen-bond acceptors (Lipinski definition) is 3. The molecule has 4 nitrogen and oxygen atoms in total. The van der Waals surface area contributed by atoms with Gasteiger partial charge in [-0.3, -0.25) is 9.69 Å². The number of rotatable bonds is 7. The monoisotopic (exact) mass is 265 g/mol. The van der Waals surface area contributed by atoms with Gasteiger partial charge in [0.1, 0.15) is 0 Å². The summed E-state index contributed by atoms with van der Waals surface area (Å²) in [7, 11) is 0. The zero-order chi connectivity index (χ0) is 14.3. The van der Waals surface area contributed by atoms with Crippen LogP contribution in [0.5, 0.6) is 0 Å². The second-order valence-corrected chi connectivity index (χ2v) is 5.96. The van der Waals surface area contributed by atoms with Gasteiger partial charge in [0.05, 0.1) is 12.1 Å². The third-order valence-corrected chi connectivity index (χ3v) is 3.74. The maximum absolute atomic E-state index is 12.2. The fourth-order valence-electron chi connectivity index (χ4n) is 2.66. The number of carbonyl (C=O) groups is 1. The summed E-state index contributed by atoms with van der Waals surface area (Å²) < 4.78 is 0. The predicted molar refractivity (Wildman–Crippen MR) is 76.5 cm³/mol. The molecular weight excluding hydrogens is 238 g/mol. The number of carbonyl (C=O) groups excluding carboxylic acids is 1. The molecule has 0 heterocycles. The molecule has 0 spiro atoms. The van der Waals surface area contributed by atoms with E-state index in [2.05, 4.69) is 30.1 Å². The van der Waals surface area contributed by atoms with E-state index >= 15 is 0 Å². The molecule has 1 N–H and O–H groups in total. The Morgan fingerprint density at radius 1 is 1.37 bits per heavy atom. The summed E-state index contributed by atoms with van der Waals surface area (Å²) in [5.74, 6) is 0.617. The van der Waals surface area contributed by atoms with Crippen LogP contribution < -0.4 is 5.32 Å². The Labute approximate surface area is 117 Å². The maximum atomic E-state index is 12.2. The van der Waals surface area contributed by atoms with Crippen molar-refractivity contribution in [3.63, 3.8) is 0 Å². The molecule has 1 atom stereocenters. The number of nitriles is 1. The van der Waals surface area contributed by atoms with Crippen LogP contribution in [0.3, 0.4) is 0 Å². The first kappa shape index (κ1) is 16.0. The minimum atomic E-state index is -0.142. The molecular formula is C15H27N3O. The normalized spacial score (nSPS) is 17.7. The highest BCUT2D eigenvalue weighted by Crippen LogP contribution is 2.18. The lowest BCUT2D eigenvalue weighted by molar-refractivity contribution is -0.126. The Hall–Kier alpha value is -1.08. The Balaban J connectivity index is 2.50. The fraction of sp³-hybridized carbons (Fsp3) is 0.867. The summed E-state index contributed by atoms with van der Waals surface area (Å²) in [5, 5.41) is 11.9. The number of amides is 1. The van der Waals surface area contributed by atoms with Gasteiger partial charge >= 0.3 is 0 Å². The maximum Gasteiger partial charge on any atom is 0.237 e. The second kappa shape index (κ2) is 8.16. The summed E-state index contributed by atoms with van der Waals surface area (Å²) in [6.45, 7) is 7.76. The molecule has 1 amide bonds. The fourth-order valence-corrected chi connectivity index (χ4v) is 2.66. The van der Waals surface area contributed by atoms with Gasteiger partial charge in [0, 0.05) is 25.6 Å². The first-order valence-corrected chi connectivity index (χ1v) is 7.46. The first-order chi connectivity index (χ1) is 9.04. The predicted octanol–water partition coefficient (Wildman–Crippen LogP) is 2.31. The number of nitrogens with zero attached hydrogens (tertiary/aromatic N) is 2. The van der Waals surface area contributed by atoms with E-state index in [-0.39, 0.29) is 11.9 Å². The van der Waals surface area contributed by atoms with Crippen LogP contribution in [0, 0.1) is 17.2 Å². The van der Waals surface area contributed by atoms with Crippen LogP contribution in [0.2, 0.25) is 0 Å². The van der Waals surface area contributed by atoms with Gasteiger partial charge in [-0.25, -0.2) is 0 Å². The van der Waals surface area contributed by atoms with Crippen molar-refractivity contribution in [3.8, 4) is 6.07 Å². The van der Waals surface area contributed by atoms with Gasteiger partial charge in [0.25, 0.3) is 0 Å². The third kappa shape index (κ3) is 5.61. The van der Waals surface area contributed by atoms with Crippen LogP contribution in [0.4, 0.5) is 0 Å². The molecule has 0 aromatic heterocycles. The van der Waals surface area contributed by atoms with E-state index in [1.54, 1.807) is 0 Å². The molecule has 1 aliphatic rings. The number of hydrogen-bond donors (Lipinski definition) is 1. The van der Waals surface area contributed by atoms with Crippen molar-refractivity contribution in [2.75, 3.05) is 13.1 Å². The molecule has 1 unspecified atom stereocenters. The summed E-state index contributed by atoms with van der Waals surface area (Å²) in [4.78, 5) is 14.4. The highest BCUT2D eigenvalue weighted by molar-refractivity contribution is 5.81. The van der Waals surface area contributed by atoms with Gasteiger partial charge in [-0.05, 0) is 25.7 Å². The van der Waals surface area contributed by atoms with E-state index in [0.29, 0.717) is 24.9 Å². The highest BCUT2D eigenvalue weighted by atomic mass is 16.2. The Morgan fingerprint density at radius 3 is 2.53 bits per heavy atom. The van der Waals surface area contributed by atoms with Crippen molar-refractivity contribution >= 4 is 5.91 Å². The molecule has 1 saturated carbocycles. The van der Waals surface area contributed by atoms with E-state index in [0.717, 1.165) is 19.4 Å². The van der Waals surface area contributed by atoms with Crippen molar-refractivity contribution < 1.29 is 4.79 Å². The zero-order valence-electron chi connectivity index (χ0n) is 12.5. The summed E-state index contributed by atoms with van der Waals surface area (Å²) in [5.41, 5.74) is 0. The van der Waals surface area contributed by atoms with Gasteiger partial charge < -0.3 is 5.32 Å². The Morgan fingerprint density at radius 2 is 2.00 bits per heavy atom. The van der Waals surface area contributed by atoms with Gasteiger partial charge in [-0.1, -0.05) is 26.7 Å².